The van der Waals surface area contributed by atoms with Crippen molar-refractivity contribution in [1.29, 1.82) is 0 Å². The van der Waals surface area contributed by atoms with E-state index in [0.717, 1.165) is 19.4 Å². The summed E-state index contributed by atoms with van der Waals surface area (Å²) in [4.78, 5) is 11.2. The molecule has 0 heterocycles. The lowest BCUT2D eigenvalue weighted by Gasteiger charge is -2.17. The van der Waals surface area contributed by atoms with E-state index in [1.165, 1.54) is 0 Å². The summed E-state index contributed by atoms with van der Waals surface area (Å²) >= 11 is 0. The molecule has 0 rings (SSSR count). The van der Waals surface area contributed by atoms with Crippen molar-refractivity contribution in [2.45, 2.75) is 52.7 Å². The van der Waals surface area contributed by atoms with Crippen LogP contribution in [0.15, 0.2) is 12.2 Å². The molecule has 0 aromatic carbocycles. The number of rotatable bonds is 10. The lowest BCUT2D eigenvalue weighted by atomic mass is 10.3. The fraction of sp³-hybridized carbons (Fsp3) is 0.786. The van der Waals surface area contributed by atoms with Crippen LogP contribution < -0.4 is 0 Å². The molecule has 0 aromatic heterocycles. The van der Waals surface area contributed by atoms with Crippen molar-refractivity contribution in [3.05, 3.63) is 12.2 Å². The van der Waals surface area contributed by atoms with Gasteiger partial charge < -0.3 is 14.2 Å². The minimum Gasteiger partial charge on any atom is -0.460 e. The fourth-order valence-corrected chi connectivity index (χ4v) is 1.14. The molecule has 0 amide bonds. The van der Waals surface area contributed by atoms with Crippen LogP contribution in [0.3, 0.4) is 0 Å². The van der Waals surface area contributed by atoms with Crippen molar-refractivity contribution in [3.63, 3.8) is 0 Å². The van der Waals surface area contributed by atoms with E-state index < -0.39 is 0 Å². The van der Waals surface area contributed by atoms with E-state index in [9.17, 15) is 4.79 Å². The van der Waals surface area contributed by atoms with Gasteiger partial charge in [-0.05, 0) is 27.2 Å². The van der Waals surface area contributed by atoms with Gasteiger partial charge in [-0.15, -0.1) is 0 Å². The van der Waals surface area contributed by atoms with Gasteiger partial charge in [-0.1, -0.05) is 19.9 Å². The third kappa shape index (κ3) is 9.19. The maximum absolute atomic E-state index is 11.2. The molecule has 18 heavy (non-hydrogen) atoms. The summed E-state index contributed by atoms with van der Waals surface area (Å²) in [5.41, 5.74) is 0.401. The number of hydrogen-bond acceptors (Lipinski definition) is 4. The molecule has 2 unspecified atom stereocenters. The van der Waals surface area contributed by atoms with Gasteiger partial charge in [0.25, 0.3) is 0 Å². The Morgan fingerprint density at radius 3 is 2.33 bits per heavy atom. The minimum atomic E-state index is -0.377. The molecule has 106 valence electrons. The van der Waals surface area contributed by atoms with Crippen LogP contribution in [0.1, 0.15) is 40.5 Å². The van der Waals surface area contributed by atoms with Gasteiger partial charge in [0.1, 0.15) is 6.61 Å². The Labute approximate surface area is 110 Å². The maximum Gasteiger partial charge on any atom is 0.333 e. The Balaban J connectivity index is 3.60. The SMILES string of the molecule is C=C(C)C(=O)OCC(C)OCC(C)OCCCC. The van der Waals surface area contributed by atoms with Gasteiger partial charge in [0.15, 0.2) is 0 Å². The molecule has 0 bridgehead atoms. The first-order chi connectivity index (χ1) is 8.47. The molecule has 0 aliphatic heterocycles. The van der Waals surface area contributed by atoms with E-state index in [0.29, 0.717) is 12.2 Å². The van der Waals surface area contributed by atoms with Gasteiger partial charge in [-0.25, -0.2) is 4.79 Å². The number of carbonyl (C=O) groups excluding carboxylic acids is 1. The van der Waals surface area contributed by atoms with Gasteiger partial charge in [0.05, 0.1) is 18.8 Å². The van der Waals surface area contributed by atoms with Crippen molar-refractivity contribution >= 4 is 5.97 Å². The highest BCUT2D eigenvalue weighted by atomic mass is 16.6. The second kappa shape index (κ2) is 10.1. The standard InChI is InChI=1S/C14H26O4/c1-6-7-8-16-12(4)9-17-13(5)10-18-14(15)11(2)3/h12-13H,2,6-10H2,1,3-5H3. The van der Waals surface area contributed by atoms with Gasteiger partial charge in [0, 0.05) is 12.2 Å². The van der Waals surface area contributed by atoms with Crippen molar-refractivity contribution in [2.24, 2.45) is 0 Å². The van der Waals surface area contributed by atoms with Crippen LogP contribution >= 0.6 is 0 Å². The van der Waals surface area contributed by atoms with Crippen LogP contribution in [0.25, 0.3) is 0 Å². The Morgan fingerprint density at radius 2 is 1.78 bits per heavy atom. The van der Waals surface area contributed by atoms with Crippen molar-refractivity contribution in [3.8, 4) is 0 Å². The molecule has 0 fully saturated rings. The Kier molecular flexibility index (Phi) is 9.60. The molecule has 0 saturated carbocycles. The monoisotopic (exact) mass is 258 g/mol. The summed E-state index contributed by atoms with van der Waals surface area (Å²) in [5, 5.41) is 0. The van der Waals surface area contributed by atoms with E-state index in [1.807, 2.05) is 13.8 Å². The highest BCUT2D eigenvalue weighted by Crippen LogP contribution is 2.01. The number of unbranched alkanes of at least 4 members (excludes halogenated alkanes) is 1. The molecule has 0 aromatic rings. The number of esters is 1. The minimum absolute atomic E-state index is 0.0656. The van der Waals surface area contributed by atoms with Crippen LogP contribution in [0.4, 0.5) is 0 Å². The summed E-state index contributed by atoms with van der Waals surface area (Å²) < 4.78 is 16.1. The first kappa shape index (κ1) is 17.1. The first-order valence-corrected chi connectivity index (χ1v) is 6.53. The highest BCUT2D eigenvalue weighted by molar-refractivity contribution is 5.86. The zero-order valence-corrected chi connectivity index (χ0v) is 12.0. The van der Waals surface area contributed by atoms with Crippen LogP contribution in [0.2, 0.25) is 0 Å². The normalized spacial score (nSPS) is 14.0. The largest absolute Gasteiger partial charge is 0.460 e. The average Bonchev–Trinajstić information content (AvgIpc) is 2.33. The quantitative estimate of drug-likeness (QED) is 0.343. The van der Waals surface area contributed by atoms with Gasteiger partial charge in [-0.3, -0.25) is 0 Å². The molecule has 0 aliphatic rings. The second-order valence-electron chi connectivity index (χ2n) is 4.56. The number of hydrogen-bond donors (Lipinski definition) is 0. The molecule has 4 nitrogen and oxygen atoms in total. The van der Waals surface area contributed by atoms with Crippen molar-refractivity contribution in [2.75, 3.05) is 19.8 Å². The molecular formula is C14H26O4. The smallest absolute Gasteiger partial charge is 0.333 e. The molecule has 0 aliphatic carbocycles. The molecule has 2 atom stereocenters. The molecule has 0 N–H and O–H groups in total. The van der Waals surface area contributed by atoms with Gasteiger partial charge in [-0.2, -0.15) is 0 Å². The van der Waals surface area contributed by atoms with E-state index in [2.05, 4.69) is 13.5 Å². The third-order valence-corrected chi connectivity index (χ3v) is 2.31. The Morgan fingerprint density at radius 1 is 1.17 bits per heavy atom. The number of carbonyl (C=O) groups is 1. The summed E-state index contributed by atoms with van der Waals surface area (Å²) in [6, 6.07) is 0. The summed E-state index contributed by atoms with van der Waals surface area (Å²) in [5.74, 6) is -0.377. The van der Waals surface area contributed by atoms with E-state index in [1.54, 1.807) is 6.92 Å². The maximum atomic E-state index is 11.2. The molecule has 0 radical (unpaired) electrons. The van der Waals surface area contributed by atoms with E-state index >= 15 is 0 Å². The Bertz CT molecular complexity index is 250. The topological polar surface area (TPSA) is 44.8 Å². The predicted octanol–water partition coefficient (Wildman–Crippen LogP) is 2.72. The van der Waals surface area contributed by atoms with Crippen molar-refractivity contribution in [1.82, 2.24) is 0 Å². The second-order valence-corrected chi connectivity index (χ2v) is 4.56. The molecular weight excluding hydrogens is 232 g/mol. The van der Waals surface area contributed by atoms with Gasteiger partial charge in [0.2, 0.25) is 0 Å². The average molecular weight is 258 g/mol. The van der Waals surface area contributed by atoms with Crippen LogP contribution in [-0.2, 0) is 19.0 Å². The van der Waals surface area contributed by atoms with Crippen molar-refractivity contribution < 1.29 is 19.0 Å². The molecule has 4 heteroatoms. The third-order valence-electron chi connectivity index (χ3n) is 2.31. The Hall–Kier alpha value is -0.870. The summed E-state index contributed by atoms with van der Waals surface area (Å²) in [6.45, 7) is 12.6. The fourth-order valence-electron chi connectivity index (χ4n) is 1.14. The molecule has 0 spiro atoms. The predicted molar refractivity (Wildman–Crippen MR) is 71.5 cm³/mol. The first-order valence-electron chi connectivity index (χ1n) is 6.53. The zero-order chi connectivity index (χ0) is 14.0. The summed E-state index contributed by atoms with van der Waals surface area (Å²) in [6.07, 6.45) is 2.12. The molecule has 0 saturated heterocycles. The van der Waals surface area contributed by atoms with Crippen LogP contribution in [-0.4, -0.2) is 38.0 Å². The lowest BCUT2D eigenvalue weighted by Crippen LogP contribution is -2.25. The van der Waals surface area contributed by atoms with Gasteiger partial charge >= 0.3 is 5.97 Å². The highest BCUT2D eigenvalue weighted by Gasteiger charge is 2.10. The van der Waals surface area contributed by atoms with Crippen LogP contribution in [0, 0.1) is 0 Å². The zero-order valence-electron chi connectivity index (χ0n) is 12.0. The van der Waals surface area contributed by atoms with E-state index in [4.69, 9.17) is 14.2 Å². The number of ether oxygens (including phenoxy) is 3. The van der Waals surface area contributed by atoms with Crippen LogP contribution in [0.5, 0.6) is 0 Å². The lowest BCUT2D eigenvalue weighted by molar-refractivity contribution is -0.143. The van der Waals surface area contributed by atoms with E-state index in [-0.39, 0.29) is 24.8 Å². The summed E-state index contributed by atoms with van der Waals surface area (Å²) in [7, 11) is 0.